The van der Waals surface area contributed by atoms with E-state index in [9.17, 15) is 14.7 Å². The molecule has 0 radical (unpaired) electrons. The molecular weight excluding hydrogens is 274 g/mol. The van der Waals surface area contributed by atoms with Crippen LogP contribution in [0.5, 0.6) is 0 Å². The fourth-order valence-electron chi connectivity index (χ4n) is 2.84. The SMILES string of the molecule is COCC1(C(=O)NC(C(=O)O)c2c(C)n[nH]c2C)CCC1. The van der Waals surface area contributed by atoms with E-state index in [1.54, 1.807) is 21.0 Å². The van der Waals surface area contributed by atoms with Crippen molar-refractivity contribution in [1.29, 1.82) is 0 Å². The molecular formula is C14H21N3O4. The molecule has 1 aromatic rings. The van der Waals surface area contributed by atoms with Crippen molar-refractivity contribution in [3.63, 3.8) is 0 Å². The summed E-state index contributed by atoms with van der Waals surface area (Å²) in [7, 11) is 1.55. The minimum absolute atomic E-state index is 0.261. The molecule has 2 rings (SSSR count). The Bertz CT molecular complexity index is 529. The van der Waals surface area contributed by atoms with Crippen LogP contribution in [0.25, 0.3) is 0 Å². The summed E-state index contributed by atoms with van der Waals surface area (Å²) < 4.78 is 5.12. The molecule has 7 heteroatoms. The number of aryl methyl sites for hydroxylation is 2. The number of carboxylic acids is 1. The molecule has 3 N–H and O–H groups in total. The number of H-pyrrole nitrogens is 1. The Morgan fingerprint density at radius 1 is 1.48 bits per heavy atom. The number of rotatable bonds is 6. The molecule has 1 heterocycles. The van der Waals surface area contributed by atoms with Crippen molar-refractivity contribution < 1.29 is 19.4 Å². The molecule has 0 saturated heterocycles. The second-order valence-electron chi connectivity index (χ2n) is 5.66. The first-order valence-corrected chi connectivity index (χ1v) is 6.95. The maximum Gasteiger partial charge on any atom is 0.331 e. The van der Waals surface area contributed by atoms with Crippen molar-refractivity contribution in [3.05, 3.63) is 17.0 Å². The summed E-state index contributed by atoms with van der Waals surface area (Å²) in [5.74, 6) is -1.36. The van der Waals surface area contributed by atoms with Crippen LogP contribution < -0.4 is 5.32 Å². The van der Waals surface area contributed by atoms with Gasteiger partial charge in [0, 0.05) is 18.4 Å². The number of hydrogen-bond donors (Lipinski definition) is 3. The lowest BCUT2D eigenvalue weighted by molar-refractivity contribution is -0.148. The number of methoxy groups -OCH3 is 1. The maximum atomic E-state index is 12.5. The van der Waals surface area contributed by atoms with E-state index in [0.717, 1.165) is 19.3 Å². The lowest BCUT2D eigenvalue weighted by atomic mass is 9.68. The minimum atomic E-state index is -1.09. The summed E-state index contributed by atoms with van der Waals surface area (Å²) in [5.41, 5.74) is 1.15. The zero-order valence-corrected chi connectivity index (χ0v) is 12.5. The third-order valence-corrected chi connectivity index (χ3v) is 4.21. The van der Waals surface area contributed by atoms with Crippen LogP contribution in [0.3, 0.4) is 0 Å². The molecule has 0 aromatic carbocycles. The number of carbonyl (C=O) groups is 2. The molecule has 1 aliphatic rings. The van der Waals surface area contributed by atoms with Crippen LogP contribution in [0.1, 0.15) is 42.3 Å². The highest BCUT2D eigenvalue weighted by atomic mass is 16.5. The Balaban J connectivity index is 2.21. The molecule has 7 nitrogen and oxygen atoms in total. The second-order valence-corrected chi connectivity index (χ2v) is 5.66. The predicted molar refractivity (Wildman–Crippen MR) is 74.7 cm³/mol. The monoisotopic (exact) mass is 295 g/mol. The number of carboxylic acid groups (broad SMARTS) is 1. The lowest BCUT2D eigenvalue weighted by Crippen LogP contribution is -2.50. The van der Waals surface area contributed by atoms with Crippen molar-refractivity contribution in [2.45, 2.75) is 39.2 Å². The first kappa shape index (κ1) is 15.5. The average Bonchev–Trinajstić information content (AvgIpc) is 2.70. The van der Waals surface area contributed by atoms with Gasteiger partial charge in [0.2, 0.25) is 5.91 Å². The average molecular weight is 295 g/mol. The van der Waals surface area contributed by atoms with E-state index in [1.807, 2.05) is 0 Å². The van der Waals surface area contributed by atoms with Gasteiger partial charge in [-0.1, -0.05) is 6.42 Å². The molecule has 1 aliphatic carbocycles. The van der Waals surface area contributed by atoms with Gasteiger partial charge in [0.15, 0.2) is 6.04 Å². The van der Waals surface area contributed by atoms with Gasteiger partial charge in [-0.2, -0.15) is 5.10 Å². The molecule has 0 spiro atoms. The number of hydrogen-bond acceptors (Lipinski definition) is 4. The van der Waals surface area contributed by atoms with Gasteiger partial charge in [-0.3, -0.25) is 9.89 Å². The Labute approximate surface area is 123 Å². The van der Waals surface area contributed by atoms with Gasteiger partial charge >= 0.3 is 5.97 Å². The highest BCUT2D eigenvalue weighted by molar-refractivity contribution is 5.89. The summed E-state index contributed by atoms with van der Waals surface area (Å²) >= 11 is 0. The van der Waals surface area contributed by atoms with Crippen molar-refractivity contribution >= 4 is 11.9 Å². The van der Waals surface area contributed by atoms with Gasteiger partial charge < -0.3 is 15.2 Å². The van der Waals surface area contributed by atoms with E-state index in [-0.39, 0.29) is 5.91 Å². The summed E-state index contributed by atoms with van der Waals surface area (Å²) in [6.45, 7) is 3.77. The van der Waals surface area contributed by atoms with Crippen LogP contribution in [0.15, 0.2) is 0 Å². The molecule has 1 aromatic heterocycles. The fraction of sp³-hybridized carbons (Fsp3) is 0.643. The van der Waals surface area contributed by atoms with Crippen LogP contribution in [0.2, 0.25) is 0 Å². The van der Waals surface area contributed by atoms with Crippen LogP contribution >= 0.6 is 0 Å². The third kappa shape index (κ3) is 2.78. The van der Waals surface area contributed by atoms with E-state index < -0.39 is 17.4 Å². The smallest absolute Gasteiger partial charge is 0.331 e. The molecule has 1 saturated carbocycles. The molecule has 1 atom stereocenters. The molecule has 0 aliphatic heterocycles. The lowest BCUT2D eigenvalue weighted by Gasteiger charge is -2.40. The van der Waals surface area contributed by atoms with Crippen molar-refractivity contribution in [2.24, 2.45) is 5.41 Å². The van der Waals surface area contributed by atoms with Crippen molar-refractivity contribution in [2.75, 3.05) is 13.7 Å². The van der Waals surface area contributed by atoms with Crippen molar-refractivity contribution in [3.8, 4) is 0 Å². The summed E-state index contributed by atoms with van der Waals surface area (Å²) in [4.78, 5) is 24.0. The van der Waals surface area contributed by atoms with Gasteiger partial charge in [0.05, 0.1) is 17.7 Å². The number of amides is 1. The Kier molecular flexibility index (Phi) is 4.32. The zero-order valence-electron chi connectivity index (χ0n) is 12.5. The van der Waals surface area contributed by atoms with Crippen LogP contribution in [0, 0.1) is 19.3 Å². The first-order valence-electron chi connectivity index (χ1n) is 6.95. The normalized spacial score (nSPS) is 17.9. The highest BCUT2D eigenvalue weighted by Crippen LogP contribution is 2.41. The summed E-state index contributed by atoms with van der Waals surface area (Å²) in [6.07, 6.45) is 2.41. The number of aromatic amines is 1. The summed E-state index contributed by atoms with van der Waals surface area (Å²) in [5, 5.41) is 18.8. The first-order chi connectivity index (χ1) is 9.91. The number of ether oxygens (including phenoxy) is 1. The molecule has 1 unspecified atom stereocenters. The topological polar surface area (TPSA) is 104 Å². The van der Waals surface area contributed by atoms with Gasteiger partial charge in [0.25, 0.3) is 0 Å². The fourth-order valence-corrected chi connectivity index (χ4v) is 2.84. The van der Waals surface area contributed by atoms with Crippen LogP contribution in [0.4, 0.5) is 0 Å². The predicted octanol–water partition coefficient (Wildman–Crippen LogP) is 1.09. The molecule has 0 bridgehead atoms. The Hall–Kier alpha value is -1.89. The third-order valence-electron chi connectivity index (χ3n) is 4.21. The van der Waals surface area contributed by atoms with Crippen LogP contribution in [-0.2, 0) is 14.3 Å². The number of nitrogens with one attached hydrogen (secondary N) is 2. The molecule has 1 fully saturated rings. The Morgan fingerprint density at radius 2 is 2.14 bits per heavy atom. The number of nitrogens with zero attached hydrogens (tertiary/aromatic N) is 1. The summed E-state index contributed by atoms with van der Waals surface area (Å²) in [6, 6.07) is -1.09. The van der Waals surface area contributed by atoms with Gasteiger partial charge in [-0.15, -0.1) is 0 Å². The highest BCUT2D eigenvalue weighted by Gasteiger charge is 2.45. The standard InChI is InChI=1S/C14H21N3O4/c1-8-10(9(2)17-16-8)11(12(18)19)15-13(20)14(7-21-3)5-4-6-14/h11H,4-7H2,1-3H3,(H,15,20)(H,16,17)(H,18,19). The van der Waals surface area contributed by atoms with Gasteiger partial charge in [0.1, 0.15) is 0 Å². The minimum Gasteiger partial charge on any atom is -0.479 e. The number of carbonyl (C=O) groups excluding carboxylic acids is 1. The van der Waals surface area contributed by atoms with E-state index >= 15 is 0 Å². The van der Waals surface area contributed by atoms with E-state index in [0.29, 0.717) is 23.6 Å². The quantitative estimate of drug-likeness (QED) is 0.728. The molecule has 116 valence electrons. The molecule has 1 amide bonds. The number of aromatic nitrogens is 2. The van der Waals surface area contributed by atoms with Crippen LogP contribution in [-0.4, -0.2) is 40.9 Å². The largest absolute Gasteiger partial charge is 0.479 e. The Morgan fingerprint density at radius 3 is 2.52 bits per heavy atom. The maximum absolute atomic E-state index is 12.5. The zero-order chi connectivity index (χ0) is 15.6. The van der Waals surface area contributed by atoms with E-state index in [1.165, 1.54) is 0 Å². The van der Waals surface area contributed by atoms with Gasteiger partial charge in [-0.25, -0.2) is 4.79 Å². The number of aliphatic carboxylic acids is 1. The van der Waals surface area contributed by atoms with E-state index in [4.69, 9.17) is 4.74 Å². The van der Waals surface area contributed by atoms with Crippen molar-refractivity contribution in [1.82, 2.24) is 15.5 Å². The van der Waals surface area contributed by atoms with E-state index in [2.05, 4.69) is 15.5 Å². The van der Waals surface area contributed by atoms with Gasteiger partial charge in [-0.05, 0) is 26.7 Å². The second kappa shape index (κ2) is 5.85. The molecule has 21 heavy (non-hydrogen) atoms.